The first-order chi connectivity index (χ1) is 12.7. The molecule has 0 radical (unpaired) electrons. The Morgan fingerprint density at radius 1 is 1.08 bits per heavy atom. The topological polar surface area (TPSA) is 43.1 Å². The smallest absolute Gasteiger partial charge is 0.191 e. The van der Waals surface area contributed by atoms with Crippen molar-refractivity contribution in [3.05, 3.63) is 75.5 Å². The highest BCUT2D eigenvalue weighted by Gasteiger charge is 2.12. The molecule has 0 spiro atoms. The van der Waals surface area contributed by atoms with Crippen LogP contribution >= 0.6 is 35.0 Å². The molecule has 3 aromatic rings. The zero-order valence-electron chi connectivity index (χ0n) is 14.3. The first-order valence-corrected chi connectivity index (χ1v) is 10.0. The maximum atomic E-state index is 6.21. The van der Waals surface area contributed by atoms with Gasteiger partial charge in [0.2, 0.25) is 5.16 Å². The number of aryl methyl sites for hydroxylation is 1. The summed E-state index contributed by atoms with van der Waals surface area (Å²) in [5.74, 6) is 1.61. The lowest BCUT2D eigenvalue weighted by molar-refractivity contribution is 0.700. The van der Waals surface area contributed by atoms with Gasteiger partial charge in [-0.25, -0.2) is 0 Å². The Balaban J connectivity index is 1.81. The summed E-state index contributed by atoms with van der Waals surface area (Å²) in [5.41, 5.74) is 2.03. The van der Waals surface area contributed by atoms with E-state index in [1.807, 2.05) is 48.5 Å². The molecule has 4 nitrogen and oxygen atoms in total. The Morgan fingerprint density at radius 3 is 2.58 bits per heavy atom. The fourth-order valence-corrected chi connectivity index (χ4v) is 3.48. The molecule has 1 aromatic heterocycles. The van der Waals surface area contributed by atoms with Gasteiger partial charge in [0.25, 0.3) is 0 Å². The minimum Gasteiger partial charge on any atom is -0.191 e. The second kappa shape index (κ2) is 9.21. The second-order valence-electron chi connectivity index (χ2n) is 5.64. The Bertz CT molecular complexity index is 891. The van der Waals surface area contributed by atoms with E-state index in [2.05, 4.69) is 22.2 Å². The van der Waals surface area contributed by atoms with Crippen molar-refractivity contribution in [2.45, 2.75) is 30.7 Å². The molecular weight excluding hydrogens is 387 g/mol. The quantitative estimate of drug-likeness (QED) is 0.373. The summed E-state index contributed by atoms with van der Waals surface area (Å²) in [4.78, 5) is 0. The average Bonchev–Trinajstić information content (AvgIpc) is 3.03. The summed E-state index contributed by atoms with van der Waals surface area (Å²) in [6.07, 6.45) is 3.53. The molecule has 0 fully saturated rings. The predicted molar refractivity (Wildman–Crippen MR) is 109 cm³/mol. The maximum Gasteiger partial charge on any atom is 0.212 e. The number of halogens is 2. The molecule has 0 N–H and O–H groups in total. The largest absolute Gasteiger partial charge is 0.212 e. The second-order valence-corrected chi connectivity index (χ2v) is 7.43. The van der Waals surface area contributed by atoms with Gasteiger partial charge >= 0.3 is 0 Å². The highest BCUT2D eigenvalue weighted by molar-refractivity contribution is 7.98. The molecule has 7 heteroatoms. The van der Waals surface area contributed by atoms with Crippen LogP contribution in [-0.2, 0) is 12.2 Å². The van der Waals surface area contributed by atoms with Crippen molar-refractivity contribution in [2.75, 3.05) is 0 Å². The summed E-state index contributed by atoms with van der Waals surface area (Å²) in [5, 5.41) is 15.3. The number of aromatic nitrogens is 3. The van der Waals surface area contributed by atoms with Gasteiger partial charge in [0.05, 0.1) is 6.21 Å². The van der Waals surface area contributed by atoms with Crippen molar-refractivity contribution in [2.24, 2.45) is 5.10 Å². The average molecular weight is 405 g/mol. The van der Waals surface area contributed by atoms with E-state index >= 15 is 0 Å². The molecule has 0 amide bonds. The number of benzene rings is 2. The Kier molecular flexibility index (Phi) is 6.72. The number of hydrogen-bond acceptors (Lipinski definition) is 4. The minimum atomic E-state index is 0.664. The maximum absolute atomic E-state index is 6.21. The highest BCUT2D eigenvalue weighted by Crippen LogP contribution is 2.23. The summed E-state index contributed by atoms with van der Waals surface area (Å²) >= 11 is 13.7. The standard InChI is InChI=1S/C19H18Cl2N4S/c1-2-5-18-23-24-19(26-13-14-8-10-16(20)11-9-14)25(18)22-12-15-6-3-4-7-17(15)21/h3-4,6-12H,2,5,13H2,1H3/b22-12+. The van der Waals surface area contributed by atoms with E-state index < -0.39 is 0 Å². The van der Waals surface area contributed by atoms with E-state index in [0.29, 0.717) is 5.02 Å². The predicted octanol–water partition coefficient (Wildman–Crippen LogP) is 5.71. The molecule has 0 saturated carbocycles. The molecule has 0 saturated heterocycles. The van der Waals surface area contributed by atoms with Gasteiger partial charge in [-0.15, -0.1) is 10.2 Å². The van der Waals surface area contributed by atoms with E-state index in [1.54, 1.807) is 22.7 Å². The van der Waals surface area contributed by atoms with Crippen molar-refractivity contribution >= 4 is 41.2 Å². The van der Waals surface area contributed by atoms with Gasteiger partial charge in [-0.05, 0) is 30.2 Å². The number of thioether (sulfide) groups is 1. The molecule has 0 aliphatic rings. The first-order valence-electron chi connectivity index (χ1n) is 8.27. The zero-order chi connectivity index (χ0) is 18.4. The fourth-order valence-electron chi connectivity index (χ4n) is 2.31. The van der Waals surface area contributed by atoms with Gasteiger partial charge in [0, 0.05) is 27.8 Å². The lowest BCUT2D eigenvalue weighted by Gasteiger charge is -2.05. The fraction of sp³-hybridized carbons (Fsp3) is 0.211. The van der Waals surface area contributed by atoms with Crippen molar-refractivity contribution < 1.29 is 0 Å². The van der Waals surface area contributed by atoms with Crippen LogP contribution in [0, 0.1) is 0 Å². The molecule has 0 aliphatic carbocycles. The van der Waals surface area contributed by atoms with Crippen LogP contribution in [0.5, 0.6) is 0 Å². The Labute approximate surface area is 167 Å². The van der Waals surface area contributed by atoms with Crippen molar-refractivity contribution in [3.63, 3.8) is 0 Å². The third-order valence-corrected chi connectivity index (χ3v) is 5.24. The van der Waals surface area contributed by atoms with E-state index in [9.17, 15) is 0 Å². The van der Waals surface area contributed by atoms with Crippen LogP contribution in [-0.4, -0.2) is 21.1 Å². The Morgan fingerprint density at radius 2 is 1.85 bits per heavy atom. The normalized spacial score (nSPS) is 11.3. The van der Waals surface area contributed by atoms with Gasteiger partial charge in [-0.1, -0.05) is 72.2 Å². The number of nitrogens with zero attached hydrogens (tertiary/aromatic N) is 4. The van der Waals surface area contributed by atoms with Crippen molar-refractivity contribution in [1.29, 1.82) is 0 Å². The minimum absolute atomic E-state index is 0.664. The third-order valence-electron chi connectivity index (χ3n) is 3.65. The third kappa shape index (κ3) is 4.87. The van der Waals surface area contributed by atoms with E-state index in [1.165, 1.54) is 5.56 Å². The van der Waals surface area contributed by atoms with Crippen LogP contribution in [0.25, 0.3) is 0 Å². The van der Waals surface area contributed by atoms with Gasteiger partial charge in [0.15, 0.2) is 5.82 Å². The molecule has 0 unspecified atom stereocenters. The summed E-state index contributed by atoms with van der Waals surface area (Å²) < 4.78 is 1.80. The van der Waals surface area contributed by atoms with Gasteiger partial charge in [-0.2, -0.15) is 9.78 Å². The van der Waals surface area contributed by atoms with Crippen LogP contribution in [0.3, 0.4) is 0 Å². The van der Waals surface area contributed by atoms with Crippen LogP contribution in [0.1, 0.15) is 30.3 Å². The molecule has 0 bridgehead atoms. The molecule has 2 aromatic carbocycles. The zero-order valence-corrected chi connectivity index (χ0v) is 16.6. The van der Waals surface area contributed by atoms with Crippen LogP contribution in [0.4, 0.5) is 0 Å². The first kappa shape index (κ1) is 19.0. The van der Waals surface area contributed by atoms with E-state index in [0.717, 1.165) is 40.2 Å². The molecule has 0 aliphatic heterocycles. The van der Waals surface area contributed by atoms with Crippen LogP contribution < -0.4 is 0 Å². The molecule has 26 heavy (non-hydrogen) atoms. The monoisotopic (exact) mass is 404 g/mol. The molecule has 134 valence electrons. The van der Waals surface area contributed by atoms with E-state index in [-0.39, 0.29) is 0 Å². The van der Waals surface area contributed by atoms with Gasteiger partial charge in [0.1, 0.15) is 0 Å². The van der Waals surface area contributed by atoms with Gasteiger partial charge in [-0.3, -0.25) is 0 Å². The van der Waals surface area contributed by atoms with Crippen molar-refractivity contribution in [3.8, 4) is 0 Å². The summed E-state index contributed by atoms with van der Waals surface area (Å²) in [7, 11) is 0. The summed E-state index contributed by atoms with van der Waals surface area (Å²) in [6, 6.07) is 15.4. The van der Waals surface area contributed by atoms with Gasteiger partial charge < -0.3 is 0 Å². The van der Waals surface area contributed by atoms with Crippen LogP contribution in [0.2, 0.25) is 10.0 Å². The number of hydrogen-bond donors (Lipinski definition) is 0. The lowest BCUT2D eigenvalue weighted by Crippen LogP contribution is -2.00. The molecule has 1 heterocycles. The lowest BCUT2D eigenvalue weighted by atomic mass is 10.2. The summed E-state index contributed by atoms with van der Waals surface area (Å²) in [6.45, 7) is 2.11. The Hall–Kier alpha value is -1.82. The molecule has 0 atom stereocenters. The van der Waals surface area contributed by atoms with Crippen molar-refractivity contribution in [1.82, 2.24) is 14.9 Å². The SMILES string of the molecule is CCCc1nnc(SCc2ccc(Cl)cc2)n1/N=C/c1ccccc1Cl. The highest BCUT2D eigenvalue weighted by atomic mass is 35.5. The molecule has 3 rings (SSSR count). The number of rotatable bonds is 7. The molecular formula is C19H18Cl2N4S. The van der Waals surface area contributed by atoms with E-state index in [4.69, 9.17) is 23.2 Å². The van der Waals surface area contributed by atoms with Crippen LogP contribution in [0.15, 0.2) is 58.8 Å².